The summed E-state index contributed by atoms with van der Waals surface area (Å²) in [5, 5.41) is 7.59. The molecule has 0 aromatic carbocycles. The van der Waals surface area contributed by atoms with Crippen molar-refractivity contribution in [3.63, 3.8) is 0 Å². The number of hydrogen-bond acceptors (Lipinski definition) is 3. The Morgan fingerprint density at radius 2 is 2.00 bits per heavy atom. The van der Waals surface area contributed by atoms with Gasteiger partial charge in [0.1, 0.15) is 6.10 Å². The van der Waals surface area contributed by atoms with Crippen LogP contribution in [0.5, 0.6) is 0 Å². The van der Waals surface area contributed by atoms with Gasteiger partial charge in [0.2, 0.25) is 0 Å². The first-order valence-electron chi connectivity index (χ1n) is 4.32. The summed E-state index contributed by atoms with van der Waals surface area (Å²) in [6.07, 6.45) is 2.80. The van der Waals surface area contributed by atoms with E-state index >= 15 is 0 Å². The van der Waals surface area contributed by atoms with Gasteiger partial charge in [0.25, 0.3) is 0 Å². The molecular weight excluding hydrogens is 211 g/mol. The first-order chi connectivity index (χ1) is 7.02. The van der Waals surface area contributed by atoms with Gasteiger partial charge < -0.3 is 4.74 Å². The molecule has 0 saturated heterocycles. The van der Waals surface area contributed by atoms with Crippen molar-refractivity contribution in [2.45, 2.75) is 26.1 Å². The summed E-state index contributed by atoms with van der Waals surface area (Å²) in [5.41, 5.74) is 1.02. The molecular formula is C8H14F3N3O. The van der Waals surface area contributed by atoms with Gasteiger partial charge >= 0.3 is 6.68 Å². The van der Waals surface area contributed by atoms with E-state index in [-0.39, 0.29) is 6.10 Å². The minimum Gasteiger partial charge on any atom is -0.375 e. The summed E-state index contributed by atoms with van der Waals surface area (Å²) < 4.78 is 36.0. The lowest BCUT2D eigenvalue weighted by Crippen LogP contribution is -2.06. The standard InChI is InChI=1S/C7H13N3O.CHF3/c1-4-7(11-3)6-5-8-9-10(6)2;2-1(3)4/h5,7H,4H2,1-3H3;1H. The van der Waals surface area contributed by atoms with Crippen LogP contribution in [-0.4, -0.2) is 28.8 Å². The van der Waals surface area contributed by atoms with Crippen LogP contribution in [0.25, 0.3) is 0 Å². The largest absolute Gasteiger partial charge is 0.379 e. The maximum Gasteiger partial charge on any atom is 0.379 e. The molecule has 1 heterocycles. The number of ether oxygens (including phenoxy) is 1. The lowest BCUT2D eigenvalue weighted by Gasteiger charge is -2.11. The van der Waals surface area contributed by atoms with Crippen molar-refractivity contribution in [1.29, 1.82) is 0 Å². The summed E-state index contributed by atoms with van der Waals surface area (Å²) in [6.45, 7) is -1.60. The van der Waals surface area contributed by atoms with Crippen LogP contribution in [0.4, 0.5) is 13.2 Å². The lowest BCUT2D eigenvalue weighted by molar-refractivity contribution is 0.00819. The van der Waals surface area contributed by atoms with Crippen molar-refractivity contribution in [2.24, 2.45) is 7.05 Å². The van der Waals surface area contributed by atoms with Crippen LogP contribution in [0.15, 0.2) is 6.20 Å². The molecule has 1 aromatic heterocycles. The average Bonchev–Trinajstić information content (AvgIpc) is 2.54. The topological polar surface area (TPSA) is 39.9 Å². The van der Waals surface area contributed by atoms with Gasteiger partial charge in [-0.25, -0.2) is 4.68 Å². The monoisotopic (exact) mass is 225 g/mol. The number of aryl methyl sites for hydroxylation is 1. The minimum absolute atomic E-state index is 0.120. The molecule has 1 atom stereocenters. The van der Waals surface area contributed by atoms with Crippen molar-refractivity contribution in [3.8, 4) is 0 Å². The van der Waals surface area contributed by atoms with Gasteiger partial charge in [0.05, 0.1) is 11.9 Å². The molecule has 0 amide bonds. The quantitative estimate of drug-likeness (QED) is 0.790. The molecule has 0 radical (unpaired) electrons. The van der Waals surface area contributed by atoms with E-state index in [1.54, 1.807) is 18.0 Å². The van der Waals surface area contributed by atoms with Crippen LogP contribution in [0.3, 0.4) is 0 Å². The Bertz CT molecular complexity index is 261. The molecule has 0 bridgehead atoms. The average molecular weight is 225 g/mol. The molecule has 0 N–H and O–H groups in total. The van der Waals surface area contributed by atoms with E-state index in [0.29, 0.717) is 0 Å². The number of aromatic nitrogens is 3. The summed E-state index contributed by atoms with van der Waals surface area (Å²) in [4.78, 5) is 0. The molecule has 0 fully saturated rings. The maximum atomic E-state index is 9.67. The van der Waals surface area contributed by atoms with Gasteiger partial charge in [-0.05, 0) is 6.42 Å². The van der Waals surface area contributed by atoms with E-state index in [9.17, 15) is 13.2 Å². The molecule has 0 aliphatic heterocycles. The fraction of sp³-hybridized carbons (Fsp3) is 0.750. The van der Waals surface area contributed by atoms with E-state index in [2.05, 4.69) is 17.2 Å². The van der Waals surface area contributed by atoms with E-state index in [0.717, 1.165) is 12.1 Å². The third-order valence-electron chi connectivity index (χ3n) is 1.73. The maximum absolute atomic E-state index is 9.67. The zero-order valence-electron chi connectivity index (χ0n) is 8.82. The predicted molar refractivity (Wildman–Crippen MR) is 48.2 cm³/mol. The Morgan fingerprint density at radius 3 is 2.27 bits per heavy atom. The second kappa shape index (κ2) is 7.22. The van der Waals surface area contributed by atoms with Crippen LogP contribution in [0.2, 0.25) is 0 Å². The number of methoxy groups -OCH3 is 1. The van der Waals surface area contributed by atoms with Crippen molar-refractivity contribution in [3.05, 3.63) is 11.9 Å². The van der Waals surface area contributed by atoms with Gasteiger partial charge in [0, 0.05) is 14.2 Å². The van der Waals surface area contributed by atoms with E-state index in [4.69, 9.17) is 4.74 Å². The third kappa shape index (κ3) is 5.36. The number of rotatable bonds is 3. The normalized spacial score (nSPS) is 12.2. The van der Waals surface area contributed by atoms with E-state index in [1.165, 1.54) is 0 Å². The fourth-order valence-electron chi connectivity index (χ4n) is 1.09. The smallest absolute Gasteiger partial charge is 0.375 e. The summed E-state index contributed by atoms with van der Waals surface area (Å²) in [5.74, 6) is 0. The highest BCUT2D eigenvalue weighted by atomic mass is 19.4. The molecule has 0 aliphatic rings. The molecule has 88 valence electrons. The van der Waals surface area contributed by atoms with E-state index < -0.39 is 6.68 Å². The van der Waals surface area contributed by atoms with Crippen LogP contribution >= 0.6 is 0 Å². The highest BCUT2D eigenvalue weighted by Crippen LogP contribution is 2.17. The molecule has 1 aromatic rings. The van der Waals surface area contributed by atoms with Crippen molar-refractivity contribution >= 4 is 0 Å². The van der Waals surface area contributed by atoms with Crippen molar-refractivity contribution in [1.82, 2.24) is 15.0 Å². The molecule has 0 saturated carbocycles. The highest BCUT2D eigenvalue weighted by molar-refractivity contribution is 4.98. The van der Waals surface area contributed by atoms with E-state index in [1.807, 2.05) is 7.05 Å². The zero-order valence-corrected chi connectivity index (χ0v) is 8.82. The number of alkyl halides is 3. The van der Waals surface area contributed by atoms with Gasteiger partial charge in [-0.3, -0.25) is 0 Å². The molecule has 7 heteroatoms. The summed E-state index contributed by atoms with van der Waals surface area (Å²) in [7, 11) is 3.56. The molecule has 0 aliphatic carbocycles. The number of nitrogens with zero attached hydrogens (tertiary/aromatic N) is 3. The molecule has 1 unspecified atom stereocenters. The van der Waals surface area contributed by atoms with Gasteiger partial charge in [-0.2, -0.15) is 13.2 Å². The molecule has 4 nitrogen and oxygen atoms in total. The molecule has 1 rings (SSSR count). The minimum atomic E-state index is -3.67. The van der Waals surface area contributed by atoms with Crippen molar-refractivity contribution in [2.75, 3.05) is 7.11 Å². The zero-order chi connectivity index (χ0) is 11.8. The SMILES string of the molecule is CCC(OC)c1cnnn1C.FC(F)F. The lowest BCUT2D eigenvalue weighted by atomic mass is 10.2. The Morgan fingerprint density at radius 1 is 1.47 bits per heavy atom. The van der Waals surface area contributed by atoms with Crippen LogP contribution in [0.1, 0.15) is 25.1 Å². The van der Waals surface area contributed by atoms with Gasteiger partial charge in [-0.15, -0.1) is 5.10 Å². The Hall–Kier alpha value is -1.11. The number of hydrogen-bond donors (Lipinski definition) is 0. The molecule has 15 heavy (non-hydrogen) atoms. The second-order valence-electron chi connectivity index (χ2n) is 2.66. The van der Waals surface area contributed by atoms with Crippen LogP contribution in [0, 0.1) is 0 Å². The summed E-state index contributed by atoms with van der Waals surface area (Å²) >= 11 is 0. The first kappa shape index (κ1) is 13.9. The number of halogens is 3. The third-order valence-corrected chi connectivity index (χ3v) is 1.73. The van der Waals surface area contributed by atoms with Gasteiger partial charge in [-0.1, -0.05) is 12.1 Å². The van der Waals surface area contributed by atoms with Crippen LogP contribution in [-0.2, 0) is 11.8 Å². The summed E-state index contributed by atoms with van der Waals surface area (Å²) in [6, 6.07) is 0. The molecule has 0 spiro atoms. The van der Waals surface area contributed by atoms with Gasteiger partial charge in [0.15, 0.2) is 0 Å². The Labute approximate surface area is 86.0 Å². The van der Waals surface area contributed by atoms with Crippen molar-refractivity contribution < 1.29 is 17.9 Å². The first-order valence-corrected chi connectivity index (χ1v) is 4.32. The van der Waals surface area contributed by atoms with Crippen LogP contribution < -0.4 is 0 Å². The fourth-order valence-corrected chi connectivity index (χ4v) is 1.09. The highest BCUT2D eigenvalue weighted by Gasteiger charge is 2.11. The second-order valence-corrected chi connectivity index (χ2v) is 2.66. The predicted octanol–water partition coefficient (Wildman–Crippen LogP) is 2.09. The Balaban J connectivity index is 0.000000423. The Kier molecular flexibility index (Phi) is 6.68.